The lowest BCUT2D eigenvalue weighted by atomic mass is 9.86. The maximum absolute atomic E-state index is 15.0. The van der Waals surface area contributed by atoms with Crippen LogP contribution in [0.1, 0.15) is 52.7 Å². The molecule has 0 saturated heterocycles. The summed E-state index contributed by atoms with van der Waals surface area (Å²) in [7, 11) is 0. The van der Waals surface area contributed by atoms with Crippen molar-refractivity contribution < 1.29 is 22.3 Å². The molecule has 0 spiro atoms. The zero-order valence-corrected chi connectivity index (χ0v) is 40.2. The summed E-state index contributed by atoms with van der Waals surface area (Å²) in [4.78, 5) is 9.07. The maximum atomic E-state index is 15.0. The Morgan fingerprint density at radius 3 is 1.68 bits per heavy atom. The first-order valence-electron chi connectivity index (χ1n) is 23.7. The number of anilines is 4. The number of benzene rings is 8. The predicted octanol–water partition coefficient (Wildman–Crippen LogP) is 17.4. The van der Waals surface area contributed by atoms with Gasteiger partial charge in [-0.15, -0.1) is 0 Å². The lowest BCUT2D eigenvalue weighted by Crippen LogP contribution is -2.25. The van der Waals surface area contributed by atoms with E-state index in [-0.39, 0.29) is 28.6 Å². The zero-order chi connectivity index (χ0) is 49.3. The molecule has 11 rings (SSSR count). The third-order valence-electron chi connectivity index (χ3n) is 13.4. The van der Waals surface area contributed by atoms with Crippen LogP contribution in [-0.2, 0) is 10.8 Å². The SMILES string of the molecule is CC(C)(C)c1ccc(-c2cc(Oc3ccc4c5ccccc5n(-c5cc(C(C)(C)C)ccn5)c4c3)cc(N3CN(c4c(-c5cc(F)cc(F)c5)cccc4-c4cc(F)cc(F)c4)c4ccccc43)c2)cc1. The fraction of sp³-hybridized carbons (Fsp3) is 0.145. The monoisotopic (exact) mass is 942 g/mol. The lowest BCUT2D eigenvalue weighted by Gasteiger charge is -2.27. The highest BCUT2D eigenvalue weighted by Crippen LogP contribution is 2.51. The van der Waals surface area contributed by atoms with Crippen LogP contribution in [0.25, 0.3) is 61.0 Å². The van der Waals surface area contributed by atoms with Crippen molar-refractivity contribution >= 4 is 44.6 Å². The number of nitrogens with zero attached hydrogens (tertiary/aromatic N) is 4. The van der Waals surface area contributed by atoms with Gasteiger partial charge >= 0.3 is 0 Å². The van der Waals surface area contributed by atoms with Gasteiger partial charge in [0.05, 0.1) is 28.1 Å². The molecule has 0 bridgehead atoms. The number of pyridine rings is 1. The molecule has 5 nitrogen and oxygen atoms in total. The van der Waals surface area contributed by atoms with Crippen LogP contribution in [0.15, 0.2) is 182 Å². The van der Waals surface area contributed by atoms with Gasteiger partial charge in [0.25, 0.3) is 0 Å². The quantitative estimate of drug-likeness (QED) is 0.142. The summed E-state index contributed by atoms with van der Waals surface area (Å²) in [5.74, 6) is -0.948. The molecule has 0 saturated carbocycles. The number of para-hydroxylation sites is 4. The Balaban J connectivity index is 1.07. The van der Waals surface area contributed by atoms with Gasteiger partial charge in [-0.1, -0.05) is 114 Å². The van der Waals surface area contributed by atoms with E-state index >= 15 is 17.6 Å². The average Bonchev–Trinajstić information content (AvgIpc) is 3.89. The molecule has 0 aliphatic carbocycles. The highest BCUT2D eigenvalue weighted by molar-refractivity contribution is 6.09. The van der Waals surface area contributed by atoms with Gasteiger partial charge in [-0.25, -0.2) is 22.5 Å². The Morgan fingerprint density at radius 1 is 0.451 bits per heavy atom. The van der Waals surface area contributed by atoms with Crippen molar-refractivity contribution in [3.63, 3.8) is 0 Å². The van der Waals surface area contributed by atoms with E-state index in [0.29, 0.717) is 28.3 Å². The summed E-state index contributed by atoms with van der Waals surface area (Å²) < 4.78 is 69.3. The second-order valence-electron chi connectivity index (χ2n) is 20.3. The van der Waals surface area contributed by atoms with Crippen LogP contribution in [0.5, 0.6) is 11.5 Å². The van der Waals surface area contributed by atoms with Crippen molar-refractivity contribution in [1.29, 1.82) is 0 Å². The fourth-order valence-corrected chi connectivity index (χ4v) is 9.88. The first-order valence-corrected chi connectivity index (χ1v) is 23.7. The first kappa shape index (κ1) is 45.3. The molecule has 10 aromatic rings. The van der Waals surface area contributed by atoms with Gasteiger partial charge in [0.2, 0.25) is 0 Å². The minimum absolute atomic E-state index is 0.0498. The van der Waals surface area contributed by atoms with Crippen LogP contribution in [0.3, 0.4) is 0 Å². The minimum atomic E-state index is -0.747. The Hall–Kier alpha value is -8.17. The predicted molar refractivity (Wildman–Crippen MR) is 281 cm³/mol. The molecule has 9 heteroatoms. The number of halogens is 4. The Bertz CT molecular complexity index is 3590. The fourth-order valence-electron chi connectivity index (χ4n) is 9.88. The van der Waals surface area contributed by atoms with E-state index in [0.717, 1.165) is 67.9 Å². The molecule has 1 aliphatic rings. The smallest absolute Gasteiger partial charge is 0.137 e. The van der Waals surface area contributed by atoms with E-state index in [1.807, 2.05) is 59.6 Å². The molecule has 0 amide bonds. The van der Waals surface area contributed by atoms with Crippen LogP contribution >= 0.6 is 0 Å². The summed E-state index contributed by atoms with van der Waals surface area (Å²) >= 11 is 0. The van der Waals surface area contributed by atoms with Crippen LogP contribution in [0, 0.1) is 23.3 Å². The van der Waals surface area contributed by atoms with E-state index in [2.05, 4.69) is 124 Å². The van der Waals surface area contributed by atoms with Gasteiger partial charge < -0.3 is 14.5 Å². The van der Waals surface area contributed by atoms with Gasteiger partial charge in [0, 0.05) is 58.0 Å². The molecule has 352 valence electrons. The third-order valence-corrected chi connectivity index (χ3v) is 13.4. The second-order valence-corrected chi connectivity index (χ2v) is 20.3. The minimum Gasteiger partial charge on any atom is -0.457 e. The van der Waals surface area contributed by atoms with E-state index in [1.54, 1.807) is 18.2 Å². The standard InChI is InChI=1S/C62H50F4N4O/c1-61(2,3)42-20-18-38(19-21-42)39-30-48(35-50(31-39)71-49-22-23-54-53-12-7-8-15-55(53)70(58(54)36-49)59-32-43(24-25-67-59)62(4,5)6)68-37-69(57-17-10-9-16-56(57)68)60-51(40-26-44(63)33-45(64)27-40)13-11-14-52(60)41-28-46(65)34-47(66)29-41/h7-36H,37H2,1-6H3. The van der Waals surface area contributed by atoms with Gasteiger partial charge in [-0.05, 0) is 123 Å². The van der Waals surface area contributed by atoms with E-state index in [9.17, 15) is 0 Å². The number of fused-ring (bicyclic) bond motifs is 4. The molecule has 8 aromatic carbocycles. The second kappa shape index (κ2) is 17.4. The molecule has 0 unspecified atom stereocenters. The lowest BCUT2D eigenvalue weighted by molar-refractivity contribution is 0.483. The Morgan fingerprint density at radius 2 is 1.04 bits per heavy atom. The average molecular weight is 943 g/mol. The number of hydrogen-bond donors (Lipinski definition) is 0. The number of rotatable bonds is 8. The van der Waals surface area contributed by atoms with Gasteiger partial charge in [-0.2, -0.15) is 0 Å². The molecule has 0 radical (unpaired) electrons. The zero-order valence-electron chi connectivity index (χ0n) is 40.2. The number of aromatic nitrogens is 2. The summed E-state index contributed by atoms with van der Waals surface area (Å²) in [5, 5.41) is 2.17. The van der Waals surface area contributed by atoms with E-state index in [4.69, 9.17) is 9.72 Å². The first-order chi connectivity index (χ1) is 34.1. The van der Waals surface area contributed by atoms with Crippen LogP contribution in [-0.4, -0.2) is 16.2 Å². The molecular formula is C62H50F4N4O. The third kappa shape index (κ3) is 8.56. The Labute approximate surface area is 410 Å². The molecule has 3 heterocycles. The summed E-state index contributed by atoms with van der Waals surface area (Å²) in [6.45, 7) is 13.4. The van der Waals surface area contributed by atoms with Crippen molar-refractivity contribution in [3.8, 4) is 50.7 Å². The summed E-state index contributed by atoms with van der Waals surface area (Å²) in [5.41, 5.74) is 10.6. The molecule has 0 N–H and O–H groups in total. The molecular weight excluding hydrogens is 893 g/mol. The van der Waals surface area contributed by atoms with Crippen molar-refractivity contribution in [2.45, 2.75) is 52.4 Å². The maximum Gasteiger partial charge on any atom is 0.137 e. The molecule has 0 atom stereocenters. The summed E-state index contributed by atoms with van der Waals surface area (Å²) in [6, 6.07) is 53.4. The molecule has 0 fully saturated rings. The van der Waals surface area contributed by atoms with Crippen molar-refractivity contribution in [2.24, 2.45) is 0 Å². The van der Waals surface area contributed by atoms with Gasteiger partial charge in [0.1, 0.15) is 47.3 Å². The van der Waals surface area contributed by atoms with Gasteiger partial charge in [-0.3, -0.25) is 4.57 Å². The van der Waals surface area contributed by atoms with Crippen LogP contribution in [0.4, 0.5) is 40.3 Å². The summed E-state index contributed by atoms with van der Waals surface area (Å²) in [6.07, 6.45) is 1.87. The van der Waals surface area contributed by atoms with Crippen molar-refractivity contribution in [3.05, 3.63) is 217 Å². The van der Waals surface area contributed by atoms with Crippen LogP contribution < -0.4 is 14.5 Å². The number of hydrogen-bond acceptors (Lipinski definition) is 4. The number of ether oxygens (including phenoxy) is 1. The highest BCUT2D eigenvalue weighted by atomic mass is 19.1. The topological polar surface area (TPSA) is 33.5 Å². The van der Waals surface area contributed by atoms with Crippen molar-refractivity contribution in [2.75, 3.05) is 16.5 Å². The molecule has 1 aliphatic heterocycles. The normalized spacial score (nSPS) is 12.8. The molecule has 2 aromatic heterocycles. The Kier molecular flexibility index (Phi) is 11.1. The van der Waals surface area contributed by atoms with E-state index < -0.39 is 23.3 Å². The van der Waals surface area contributed by atoms with E-state index in [1.165, 1.54) is 35.4 Å². The van der Waals surface area contributed by atoms with Crippen molar-refractivity contribution in [1.82, 2.24) is 9.55 Å². The largest absolute Gasteiger partial charge is 0.457 e. The van der Waals surface area contributed by atoms with Crippen LogP contribution in [0.2, 0.25) is 0 Å². The molecule has 71 heavy (non-hydrogen) atoms. The van der Waals surface area contributed by atoms with Gasteiger partial charge in [0.15, 0.2) is 0 Å². The highest BCUT2D eigenvalue weighted by Gasteiger charge is 2.32.